The first-order chi connectivity index (χ1) is 14.0. The van der Waals surface area contributed by atoms with Gasteiger partial charge in [0.15, 0.2) is 0 Å². The molecule has 2 saturated heterocycles. The number of benzene rings is 1. The van der Waals surface area contributed by atoms with Crippen molar-refractivity contribution in [2.45, 2.75) is 31.6 Å². The van der Waals surface area contributed by atoms with Gasteiger partial charge in [0.05, 0.1) is 32.0 Å². The molecule has 0 aliphatic carbocycles. The average Bonchev–Trinajstić information content (AvgIpc) is 3.32. The molecule has 2 amide bonds. The largest absolute Gasteiger partial charge is 0.371 e. The Morgan fingerprint density at radius 3 is 2.62 bits per heavy atom. The molecule has 2 N–H and O–H groups in total. The summed E-state index contributed by atoms with van der Waals surface area (Å²) in [5.74, 6) is -0.651. The van der Waals surface area contributed by atoms with E-state index >= 15 is 0 Å². The summed E-state index contributed by atoms with van der Waals surface area (Å²) < 4.78 is 25.2. The number of carbonyl (C=O) groups excluding carboxylic acids is 2. The first-order valence-electron chi connectivity index (χ1n) is 9.55. The lowest BCUT2D eigenvalue weighted by atomic mass is 10.1. The minimum Gasteiger partial charge on any atom is -0.371 e. The summed E-state index contributed by atoms with van der Waals surface area (Å²) in [4.78, 5) is 33.4. The Kier molecular flexibility index (Phi) is 5.59. The summed E-state index contributed by atoms with van der Waals surface area (Å²) >= 11 is 0. The van der Waals surface area contributed by atoms with E-state index in [1.807, 2.05) is 0 Å². The van der Waals surface area contributed by atoms with E-state index in [2.05, 4.69) is 15.3 Å². The smallest absolute Gasteiger partial charge is 0.251 e. The van der Waals surface area contributed by atoms with Crippen LogP contribution < -0.4 is 5.32 Å². The van der Waals surface area contributed by atoms with Gasteiger partial charge in [-0.2, -0.15) is 0 Å². The number of aromatic amines is 1. The van der Waals surface area contributed by atoms with E-state index in [0.717, 1.165) is 5.69 Å². The number of fused-ring (bicyclic) bond motifs is 1. The van der Waals surface area contributed by atoms with Gasteiger partial charge >= 0.3 is 0 Å². The monoisotopic (exact) mass is 402 g/mol. The normalized spacial score (nSPS) is 22.2. The second-order valence-electron chi connectivity index (χ2n) is 7.43. The molecule has 8 nitrogen and oxygen atoms in total. The number of H-pyrrole nitrogens is 1. The number of hydrogen-bond acceptors (Lipinski definition) is 5. The second-order valence-corrected chi connectivity index (χ2v) is 7.43. The first kappa shape index (κ1) is 19.5. The summed E-state index contributed by atoms with van der Waals surface area (Å²) in [6.07, 6.45) is 2.99. The number of aryl methyl sites for hydroxylation is 1. The Bertz CT molecular complexity index is 873. The van der Waals surface area contributed by atoms with Crippen LogP contribution in [0.15, 0.2) is 30.7 Å². The van der Waals surface area contributed by atoms with Crippen molar-refractivity contribution >= 4 is 11.8 Å². The predicted octanol–water partition coefficient (Wildman–Crippen LogP) is 0.825. The van der Waals surface area contributed by atoms with Gasteiger partial charge in [-0.05, 0) is 30.7 Å². The molecule has 0 unspecified atom stereocenters. The molecule has 1 aromatic heterocycles. The van der Waals surface area contributed by atoms with Crippen molar-refractivity contribution in [1.82, 2.24) is 20.2 Å². The van der Waals surface area contributed by atoms with Crippen LogP contribution in [-0.4, -0.2) is 71.2 Å². The highest BCUT2D eigenvalue weighted by molar-refractivity contribution is 5.94. The molecule has 0 saturated carbocycles. The maximum atomic E-state index is 13.4. The van der Waals surface area contributed by atoms with Gasteiger partial charge in [0.1, 0.15) is 18.0 Å². The molecule has 29 heavy (non-hydrogen) atoms. The Balaban J connectivity index is 1.29. The Morgan fingerprint density at radius 1 is 1.28 bits per heavy atom. The Hall–Kier alpha value is -2.78. The van der Waals surface area contributed by atoms with Crippen molar-refractivity contribution in [3.8, 4) is 0 Å². The number of rotatable bonds is 4. The molecule has 2 aromatic rings. The van der Waals surface area contributed by atoms with Crippen molar-refractivity contribution in [1.29, 1.82) is 0 Å². The van der Waals surface area contributed by atoms with Gasteiger partial charge in [0.25, 0.3) is 5.91 Å². The van der Waals surface area contributed by atoms with Crippen LogP contribution in [0.3, 0.4) is 0 Å². The molecule has 1 aromatic carbocycles. The van der Waals surface area contributed by atoms with Crippen molar-refractivity contribution in [3.63, 3.8) is 0 Å². The summed E-state index contributed by atoms with van der Waals surface area (Å²) in [7, 11) is 0. The fraction of sp³-hybridized carbons (Fsp3) is 0.450. The highest BCUT2D eigenvalue weighted by Gasteiger charge is 2.39. The van der Waals surface area contributed by atoms with E-state index < -0.39 is 0 Å². The average molecular weight is 402 g/mol. The molecule has 9 heteroatoms. The minimum atomic E-state index is -0.345. The lowest BCUT2D eigenvalue weighted by Crippen LogP contribution is -2.41. The van der Waals surface area contributed by atoms with Gasteiger partial charge in [-0.1, -0.05) is 0 Å². The third-order valence-electron chi connectivity index (χ3n) is 5.24. The van der Waals surface area contributed by atoms with Crippen molar-refractivity contribution in [2.75, 3.05) is 26.3 Å². The standard InChI is InChI=1S/C20H23FN4O4/c1-12-4-13(2-3-16(12)21)20(27)24-15-9-28-17-7-25(8-18(17)29-10-15)19(26)5-14-6-22-11-23-14/h2-4,6,11,15,17-18H,5,7-10H2,1H3,(H,22,23)(H,24,27)/t17-,18-/m0/s1. The number of likely N-dealkylation sites (tertiary alicyclic amines) is 1. The number of imidazole rings is 1. The highest BCUT2D eigenvalue weighted by atomic mass is 19.1. The van der Waals surface area contributed by atoms with Gasteiger partial charge in [-0.3, -0.25) is 9.59 Å². The van der Waals surface area contributed by atoms with E-state index in [0.29, 0.717) is 24.2 Å². The molecule has 154 valence electrons. The van der Waals surface area contributed by atoms with Gasteiger partial charge < -0.3 is 24.7 Å². The molecule has 0 radical (unpaired) electrons. The van der Waals surface area contributed by atoms with Gasteiger partial charge in [-0.15, -0.1) is 0 Å². The molecule has 2 aliphatic rings. The number of hydrogen-bond donors (Lipinski definition) is 2. The van der Waals surface area contributed by atoms with Crippen LogP contribution in [0.25, 0.3) is 0 Å². The van der Waals surface area contributed by atoms with Crippen LogP contribution in [0.1, 0.15) is 21.6 Å². The topological polar surface area (TPSA) is 96.5 Å². The van der Waals surface area contributed by atoms with E-state index in [-0.39, 0.29) is 55.5 Å². The Labute approximate surface area is 167 Å². The van der Waals surface area contributed by atoms with Crippen LogP contribution in [-0.2, 0) is 20.7 Å². The number of nitrogens with zero attached hydrogens (tertiary/aromatic N) is 2. The third-order valence-corrected chi connectivity index (χ3v) is 5.24. The Morgan fingerprint density at radius 2 is 2.00 bits per heavy atom. The van der Waals surface area contributed by atoms with Crippen molar-refractivity contribution in [2.24, 2.45) is 0 Å². The van der Waals surface area contributed by atoms with E-state index in [9.17, 15) is 14.0 Å². The summed E-state index contributed by atoms with van der Waals surface area (Å²) in [5.41, 5.74) is 1.58. The maximum Gasteiger partial charge on any atom is 0.251 e. The number of ether oxygens (including phenoxy) is 2. The molecular formula is C20H23FN4O4. The zero-order chi connectivity index (χ0) is 20.4. The quantitative estimate of drug-likeness (QED) is 0.790. The molecule has 0 bridgehead atoms. The summed E-state index contributed by atoms with van der Waals surface area (Å²) in [6, 6.07) is 3.94. The van der Waals surface area contributed by atoms with E-state index in [1.54, 1.807) is 24.3 Å². The molecule has 0 spiro atoms. The molecule has 3 heterocycles. The molecule has 4 rings (SSSR count). The van der Waals surface area contributed by atoms with Gasteiger partial charge in [0, 0.05) is 30.5 Å². The van der Waals surface area contributed by atoms with Crippen molar-refractivity contribution < 1.29 is 23.5 Å². The molecular weight excluding hydrogens is 379 g/mol. The zero-order valence-electron chi connectivity index (χ0n) is 16.1. The van der Waals surface area contributed by atoms with Crippen molar-refractivity contribution in [3.05, 3.63) is 53.4 Å². The fourth-order valence-corrected chi connectivity index (χ4v) is 3.59. The van der Waals surface area contributed by atoms with Gasteiger partial charge in [-0.25, -0.2) is 9.37 Å². The minimum absolute atomic E-state index is 0.00828. The van der Waals surface area contributed by atoms with Crippen LogP contribution in [0.2, 0.25) is 0 Å². The zero-order valence-corrected chi connectivity index (χ0v) is 16.1. The fourth-order valence-electron chi connectivity index (χ4n) is 3.59. The first-order valence-corrected chi connectivity index (χ1v) is 9.55. The van der Waals surface area contributed by atoms with Crippen LogP contribution in [0.5, 0.6) is 0 Å². The number of carbonyl (C=O) groups is 2. The lowest BCUT2D eigenvalue weighted by molar-refractivity contribution is -0.130. The second kappa shape index (κ2) is 8.30. The van der Waals surface area contributed by atoms with Crippen LogP contribution in [0, 0.1) is 12.7 Å². The number of halogens is 1. The maximum absolute atomic E-state index is 13.4. The van der Waals surface area contributed by atoms with Gasteiger partial charge in [0.2, 0.25) is 5.91 Å². The SMILES string of the molecule is Cc1cc(C(=O)NC2CO[C@H]3CN(C(=O)Cc4cnc[nH]4)C[C@@H]3OC2)ccc1F. The van der Waals surface area contributed by atoms with Crippen LogP contribution in [0.4, 0.5) is 4.39 Å². The van der Waals surface area contributed by atoms with E-state index in [1.165, 1.54) is 18.2 Å². The third kappa shape index (κ3) is 4.46. The number of aromatic nitrogens is 2. The highest BCUT2D eigenvalue weighted by Crippen LogP contribution is 2.21. The number of nitrogens with one attached hydrogen (secondary N) is 2. The number of amides is 2. The van der Waals surface area contributed by atoms with Crippen LogP contribution >= 0.6 is 0 Å². The molecule has 2 aliphatic heterocycles. The molecule has 2 fully saturated rings. The summed E-state index contributed by atoms with van der Waals surface area (Å²) in [6.45, 7) is 3.10. The summed E-state index contributed by atoms with van der Waals surface area (Å²) in [5, 5.41) is 2.87. The molecule has 2 atom stereocenters. The van der Waals surface area contributed by atoms with E-state index in [4.69, 9.17) is 9.47 Å². The predicted molar refractivity (Wildman–Crippen MR) is 101 cm³/mol. The lowest BCUT2D eigenvalue weighted by Gasteiger charge is -2.19.